The fourth-order valence-corrected chi connectivity index (χ4v) is 4.48. The van der Waals surface area contributed by atoms with Gasteiger partial charge in [0, 0.05) is 12.5 Å². The van der Waals surface area contributed by atoms with E-state index in [1.807, 2.05) is 6.07 Å². The molecule has 8 nitrogen and oxygen atoms in total. The number of H-pyrrole nitrogens is 1. The molecule has 2 aliphatic heterocycles. The zero-order chi connectivity index (χ0) is 22.1. The molecule has 1 aromatic heterocycles. The van der Waals surface area contributed by atoms with E-state index >= 15 is 0 Å². The molecule has 2 aliphatic rings. The van der Waals surface area contributed by atoms with Crippen LogP contribution >= 0.6 is 0 Å². The molecule has 1 fully saturated rings. The van der Waals surface area contributed by atoms with Crippen LogP contribution in [0.4, 0.5) is 0 Å². The molecule has 0 aliphatic carbocycles. The van der Waals surface area contributed by atoms with E-state index in [0.29, 0.717) is 42.0 Å². The van der Waals surface area contributed by atoms with E-state index in [1.165, 1.54) is 12.7 Å². The quantitative estimate of drug-likeness (QED) is 0.629. The van der Waals surface area contributed by atoms with Crippen LogP contribution in [-0.4, -0.2) is 47.7 Å². The van der Waals surface area contributed by atoms with Crippen LogP contribution in [0, 0.1) is 0 Å². The van der Waals surface area contributed by atoms with Gasteiger partial charge in [0.25, 0.3) is 5.56 Å². The van der Waals surface area contributed by atoms with Crippen LogP contribution in [0.25, 0.3) is 10.9 Å². The maximum absolute atomic E-state index is 12.6. The van der Waals surface area contributed by atoms with Gasteiger partial charge < -0.3 is 19.2 Å². The summed E-state index contributed by atoms with van der Waals surface area (Å²) in [6.07, 6.45) is 2.95. The highest BCUT2D eigenvalue weighted by molar-refractivity contribution is 5.93. The molecule has 0 radical (unpaired) electrons. The molecule has 1 N–H and O–H groups in total. The standard InChI is InChI=1S/C24H25N3O5/c1-30-24(29)16-5-7-17-18(12-16)25-22(26-23(17)28)14-27-9-2-4-19(27)15-6-8-20-21(13-15)32-11-3-10-31-20/h5-8,12-13,19H,2-4,9-11,14H2,1H3,(H,25,26,28)/t19-/m0/s1. The molecule has 3 aromatic rings. The normalized spacial score (nSPS) is 18.5. The lowest BCUT2D eigenvalue weighted by Crippen LogP contribution is -2.25. The van der Waals surface area contributed by atoms with Crippen molar-refractivity contribution in [3.63, 3.8) is 0 Å². The monoisotopic (exact) mass is 435 g/mol. The minimum Gasteiger partial charge on any atom is -0.490 e. The van der Waals surface area contributed by atoms with E-state index in [-0.39, 0.29) is 11.6 Å². The summed E-state index contributed by atoms with van der Waals surface area (Å²) in [4.78, 5) is 34.3. The highest BCUT2D eigenvalue weighted by Gasteiger charge is 2.28. The number of hydrogen-bond acceptors (Lipinski definition) is 7. The summed E-state index contributed by atoms with van der Waals surface area (Å²) in [7, 11) is 1.33. The second-order valence-corrected chi connectivity index (χ2v) is 8.12. The van der Waals surface area contributed by atoms with Crippen molar-refractivity contribution in [2.75, 3.05) is 26.9 Å². The Morgan fingerprint density at radius 2 is 2.00 bits per heavy atom. The van der Waals surface area contributed by atoms with E-state index in [4.69, 9.17) is 14.2 Å². The highest BCUT2D eigenvalue weighted by atomic mass is 16.5. The Hall–Kier alpha value is -3.39. The summed E-state index contributed by atoms with van der Waals surface area (Å²) in [6, 6.07) is 11.1. The number of aromatic nitrogens is 2. The molecule has 166 valence electrons. The fourth-order valence-electron chi connectivity index (χ4n) is 4.48. The molecular formula is C24H25N3O5. The number of carbonyl (C=O) groups is 1. The van der Waals surface area contributed by atoms with Gasteiger partial charge in [0.15, 0.2) is 11.5 Å². The van der Waals surface area contributed by atoms with Gasteiger partial charge in [0.05, 0.1) is 43.3 Å². The largest absolute Gasteiger partial charge is 0.490 e. The lowest BCUT2D eigenvalue weighted by molar-refractivity contribution is 0.0601. The fraction of sp³-hybridized carbons (Fsp3) is 0.375. The lowest BCUT2D eigenvalue weighted by atomic mass is 10.0. The first kappa shape index (κ1) is 20.5. The van der Waals surface area contributed by atoms with E-state index in [2.05, 4.69) is 27.0 Å². The first-order chi connectivity index (χ1) is 15.6. The molecule has 5 rings (SSSR count). The number of benzene rings is 2. The van der Waals surface area contributed by atoms with Crippen molar-refractivity contribution in [3.8, 4) is 11.5 Å². The number of likely N-dealkylation sites (tertiary alicyclic amines) is 1. The predicted molar refractivity (Wildman–Crippen MR) is 118 cm³/mol. The SMILES string of the molecule is COC(=O)c1ccc2c(=O)[nH]c(CN3CCC[C@H]3c3ccc4c(c3)OCCCO4)nc2c1. The average molecular weight is 435 g/mol. The third-order valence-electron chi connectivity index (χ3n) is 6.05. The molecule has 0 bridgehead atoms. The number of carbonyl (C=O) groups excluding carboxylic acids is 1. The summed E-state index contributed by atoms with van der Waals surface area (Å²) in [5.41, 5.74) is 1.81. The summed E-state index contributed by atoms with van der Waals surface area (Å²) in [6.45, 7) is 2.73. The van der Waals surface area contributed by atoms with E-state index in [9.17, 15) is 9.59 Å². The lowest BCUT2D eigenvalue weighted by Gasteiger charge is -2.25. The molecule has 32 heavy (non-hydrogen) atoms. The average Bonchev–Trinajstić information content (AvgIpc) is 3.13. The zero-order valence-corrected chi connectivity index (χ0v) is 17.9. The number of ether oxygens (including phenoxy) is 3. The molecule has 0 unspecified atom stereocenters. The molecule has 0 saturated carbocycles. The third kappa shape index (κ3) is 3.93. The molecule has 1 atom stereocenters. The van der Waals surface area contributed by atoms with Gasteiger partial charge >= 0.3 is 5.97 Å². The van der Waals surface area contributed by atoms with Crippen LogP contribution in [0.1, 0.15) is 47.1 Å². The van der Waals surface area contributed by atoms with Crippen LogP contribution in [0.2, 0.25) is 0 Å². The van der Waals surface area contributed by atoms with E-state index in [1.54, 1.807) is 18.2 Å². The summed E-state index contributed by atoms with van der Waals surface area (Å²) < 4.78 is 16.4. The van der Waals surface area contributed by atoms with Crippen LogP contribution in [0.3, 0.4) is 0 Å². The maximum Gasteiger partial charge on any atom is 0.337 e. The Kier molecular flexibility index (Phi) is 5.53. The van der Waals surface area contributed by atoms with Gasteiger partial charge in [-0.2, -0.15) is 0 Å². The van der Waals surface area contributed by atoms with Crippen LogP contribution in [0.15, 0.2) is 41.2 Å². The predicted octanol–water partition coefficient (Wildman–Crippen LogP) is 3.21. The molecule has 8 heteroatoms. The summed E-state index contributed by atoms with van der Waals surface area (Å²) in [5.74, 6) is 1.70. The maximum atomic E-state index is 12.6. The van der Waals surface area contributed by atoms with Gasteiger partial charge in [0.1, 0.15) is 5.82 Å². The number of nitrogens with one attached hydrogen (secondary N) is 1. The van der Waals surface area contributed by atoms with Crippen LogP contribution in [0.5, 0.6) is 11.5 Å². The first-order valence-corrected chi connectivity index (χ1v) is 10.9. The van der Waals surface area contributed by atoms with Gasteiger partial charge in [-0.25, -0.2) is 9.78 Å². The minimum absolute atomic E-state index is 0.203. The second-order valence-electron chi connectivity index (χ2n) is 8.12. The van der Waals surface area contributed by atoms with Crippen LogP contribution < -0.4 is 15.0 Å². The Labute approximate surface area is 185 Å². The van der Waals surface area contributed by atoms with Crippen molar-refractivity contribution in [1.29, 1.82) is 0 Å². The highest BCUT2D eigenvalue weighted by Crippen LogP contribution is 2.38. The van der Waals surface area contributed by atoms with E-state index < -0.39 is 5.97 Å². The summed E-state index contributed by atoms with van der Waals surface area (Å²) in [5, 5.41) is 0.447. The Morgan fingerprint density at radius 1 is 1.16 bits per heavy atom. The number of nitrogens with zero attached hydrogens (tertiary/aromatic N) is 2. The Bertz CT molecular complexity index is 1220. The Morgan fingerprint density at radius 3 is 2.84 bits per heavy atom. The smallest absolute Gasteiger partial charge is 0.337 e. The molecule has 2 aromatic carbocycles. The van der Waals surface area contributed by atoms with Gasteiger partial charge in [-0.15, -0.1) is 0 Å². The zero-order valence-electron chi connectivity index (χ0n) is 17.9. The van der Waals surface area contributed by atoms with Crippen LogP contribution in [-0.2, 0) is 11.3 Å². The number of esters is 1. The van der Waals surface area contributed by atoms with Crippen molar-refractivity contribution in [1.82, 2.24) is 14.9 Å². The van der Waals surface area contributed by atoms with Gasteiger partial charge in [0.2, 0.25) is 0 Å². The van der Waals surface area contributed by atoms with Gasteiger partial charge in [-0.3, -0.25) is 9.69 Å². The number of hydrogen-bond donors (Lipinski definition) is 1. The van der Waals surface area contributed by atoms with E-state index in [0.717, 1.165) is 37.3 Å². The summed E-state index contributed by atoms with van der Waals surface area (Å²) >= 11 is 0. The van der Waals surface area contributed by atoms with Crippen molar-refractivity contribution < 1.29 is 19.0 Å². The van der Waals surface area contributed by atoms with Crippen molar-refractivity contribution in [3.05, 3.63) is 63.7 Å². The van der Waals surface area contributed by atoms with Crippen molar-refractivity contribution >= 4 is 16.9 Å². The van der Waals surface area contributed by atoms with Gasteiger partial charge in [-0.1, -0.05) is 6.07 Å². The number of aromatic amines is 1. The van der Waals surface area contributed by atoms with Crippen molar-refractivity contribution in [2.45, 2.75) is 31.8 Å². The molecule has 0 amide bonds. The minimum atomic E-state index is -0.454. The topological polar surface area (TPSA) is 93.8 Å². The molecule has 1 saturated heterocycles. The van der Waals surface area contributed by atoms with Crippen molar-refractivity contribution in [2.24, 2.45) is 0 Å². The molecule has 0 spiro atoms. The number of fused-ring (bicyclic) bond motifs is 2. The number of methoxy groups -OCH3 is 1. The second kappa shape index (κ2) is 8.63. The van der Waals surface area contributed by atoms with Gasteiger partial charge in [-0.05, 0) is 55.3 Å². The molecule has 3 heterocycles. The first-order valence-electron chi connectivity index (χ1n) is 10.9. The molecular weight excluding hydrogens is 410 g/mol. The Balaban J connectivity index is 1.42. The third-order valence-corrected chi connectivity index (χ3v) is 6.05. The number of rotatable bonds is 4.